The Morgan fingerprint density at radius 1 is 1.18 bits per heavy atom. The smallest absolute Gasteiger partial charge is 0.0527 e. The first kappa shape index (κ1) is 15.9. The Bertz CT molecular complexity index is 641. The zero-order valence-electron chi connectivity index (χ0n) is 13.4. The van der Waals surface area contributed by atoms with E-state index in [2.05, 4.69) is 28.7 Å². The molecule has 4 heteroatoms. The Morgan fingerprint density at radius 2 is 1.95 bits per heavy atom. The van der Waals surface area contributed by atoms with Crippen molar-refractivity contribution in [2.45, 2.75) is 39.2 Å². The number of nitrogens with zero attached hydrogens (tertiary/aromatic N) is 2. The summed E-state index contributed by atoms with van der Waals surface area (Å²) in [5, 5.41) is 2.21. The standard InChI is InChI=1S/C18H26ClN3/c1-14-17(19)6-5-16-15(7-12-21-9-2-3-10-21)13-22(18(14)16)11-4-8-20/h5-6,13H,2-4,7-12,20H2,1H3. The predicted octanol–water partition coefficient (Wildman–Crippen LogP) is 3.59. The fourth-order valence-corrected chi connectivity index (χ4v) is 3.70. The first-order valence-corrected chi connectivity index (χ1v) is 8.77. The molecule has 0 bridgehead atoms. The summed E-state index contributed by atoms with van der Waals surface area (Å²) in [7, 11) is 0. The molecule has 0 atom stereocenters. The molecule has 0 aliphatic carbocycles. The third-order valence-electron chi connectivity index (χ3n) is 4.81. The third kappa shape index (κ3) is 3.17. The van der Waals surface area contributed by atoms with Crippen LogP contribution in [-0.2, 0) is 13.0 Å². The lowest BCUT2D eigenvalue weighted by Crippen LogP contribution is -2.21. The van der Waals surface area contributed by atoms with Crippen molar-refractivity contribution in [3.8, 4) is 0 Å². The molecule has 3 nitrogen and oxygen atoms in total. The number of aryl methyl sites for hydroxylation is 2. The van der Waals surface area contributed by atoms with Crippen molar-refractivity contribution >= 4 is 22.5 Å². The average molecular weight is 320 g/mol. The number of hydrogen-bond donors (Lipinski definition) is 1. The maximum absolute atomic E-state index is 6.34. The molecular formula is C18H26ClN3. The van der Waals surface area contributed by atoms with Gasteiger partial charge in [-0.2, -0.15) is 0 Å². The molecule has 1 aromatic heterocycles. The molecule has 1 aromatic carbocycles. The van der Waals surface area contributed by atoms with Crippen LogP contribution in [0, 0.1) is 6.92 Å². The minimum atomic E-state index is 0.725. The molecule has 1 aliphatic rings. The van der Waals surface area contributed by atoms with Crippen molar-refractivity contribution in [1.29, 1.82) is 0 Å². The van der Waals surface area contributed by atoms with Gasteiger partial charge < -0.3 is 15.2 Å². The van der Waals surface area contributed by atoms with Crippen molar-refractivity contribution in [3.63, 3.8) is 0 Å². The Morgan fingerprint density at radius 3 is 2.68 bits per heavy atom. The van der Waals surface area contributed by atoms with E-state index in [1.54, 1.807) is 0 Å². The number of hydrogen-bond acceptors (Lipinski definition) is 2. The molecule has 2 N–H and O–H groups in total. The van der Waals surface area contributed by atoms with Crippen molar-refractivity contribution in [2.75, 3.05) is 26.2 Å². The number of fused-ring (bicyclic) bond motifs is 1. The molecule has 120 valence electrons. The molecule has 22 heavy (non-hydrogen) atoms. The quantitative estimate of drug-likeness (QED) is 0.883. The van der Waals surface area contributed by atoms with Gasteiger partial charge in [-0.1, -0.05) is 17.7 Å². The van der Waals surface area contributed by atoms with E-state index in [0.29, 0.717) is 0 Å². The van der Waals surface area contributed by atoms with Crippen LogP contribution in [0.3, 0.4) is 0 Å². The second-order valence-corrected chi connectivity index (χ2v) is 6.76. The highest BCUT2D eigenvalue weighted by Gasteiger charge is 2.15. The molecule has 1 aliphatic heterocycles. The molecule has 2 heterocycles. The Labute approximate surface area is 138 Å². The first-order chi connectivity index (χ1) is 10.7. The van der Waals surface area contributed by atoms with Gasteiger partial charge in [0.25, 0.3) is 0 Å². The van der Waals surface area contributed by atoms with Gasteiger partial charge in [0.1, 0.15) is 0 Å². The summed E-state index contributed by atoms with van der Waals surface area (Å²) in [5.41, 5.74) is 9.61. The maximum atomic E-state index is 6.34. The van der Waals surface area contributed by atoms with Crippen LogP contribution in [0.15, 0.2) is 18.3 Å². The lowest BCUT2D eigenvalue weighted by molar-refractivity contribution is 0.344. The number of aromatic nitrogens is 1. The molecule has 0 radical (unpaired) electrons. The van der Waals surface area contributed by atoms with Gasteiger partial charge in [-0.05, 0) is 69.4 Å². The number of likely N-dealkylation sites (tertiary alicyclic amines) is 1. The molecule has 0 amide bonds. The van der Waals surface area contributed by atoms with Crippen LogP contribution in [0.5, 0.6) is 0 Å². The highest BCUT2D eigenvalue weighted by Crippen LogP contribution is 2.30. The van der Waals surface area contributed by atoms with Gasteiger partial charge in [-0.15, -0.1) is 0 Å². The monoisotopic (exact) mass is 319 g/mol. The summed E-state index contributed by atoms with van der Waals surface area (Å²) in [6, 6.07) is 4.22. The van der Waals surface area contributed by atoms with E-state index >= 15 is 0 Å². The molecule has 1 saturated heterocycles. The zero-order valence-corrected chi connectivity index (χ0v) is 14.2. The van der Waals surface area contributed by atoms with Crippen LogP contribution in [0.25, 0.3) is 10.9 Å². The van der Waals surface area contributed by atoms with Crippen LogP contribution >= 0.6 is 11.6 Å². The van der Waals surface area contributed by atoms with Crippen molar-refractivity contribution < 1.29 is 0 Å². The van der Waals surface area contributed by atoms with Crippen LogP contribution in [0.1, 0.15) is 30.4 Å². The Balaban J connectivity index is 1.90. The molecule has 0 spiro atoms. The molecule has 3 rings (SSSR count). The summed E-state index contributed by atoms with van der Waals surface area (Å²) in [6.07, 6.45) is 7.15. The fourth-order valence-electron chi connectivity index (χ4n) is 3.55. The lowest BCUT2D eigenvalue weighted by atomic mass is 10.1. The number of nitrogens with two attached hydrogens (primary N) is 1. The topological polar surface area (TPSA) is 34.2 Å². The van der Waals surface area contributed by atoms with E-state index in [4.69, 9.17) is 17.3 Å². The lowest BCUT2D eigenvalue weighted by Gasteiger charge is -2.13. The molecule has 0 saturated carbocycles. The summed E-state index contributed by atoms with van der Waals surface area (Å²) in [6.45, 7) is 7.50. The van der Waals surface area contributed by atoms with Gasteiger partial charge in [0.2, 0.25) is 0 Å². The van der Waals surface area contributed by atoms with Gasteiger partial charge >= 0.3 is 0 Å². The van der Waals surface area contributed by atoms with E-state index in [1.165, 1.54) is 48.0 Å². The van der Waals surface area contributed by atoms with Crippen LogP contribution in [-0.4, -0.2) is 35.6 Å². The summed E-state index contributed by atoms with van der Waals surface area (Å²) in [5.74, 6) is 0. The fraction of sp³-hybridized carbons (Fsp3) is 0.556. The van der Waals surface area contributed by atoms with Gasteiger partial charge in [0, 0.05) is 29.7 Å². The second kappa shape index (κ2) is 7.03. The second-order valence-electron chi connectivity index (χ2n) is 6.36. The predicted molar refractivity (Wildman–Crippen MR) is 94.7 cm³/mol. The van der Waals surface area contributed by atoms with E-state index in [1.807, 2.05) is 6.07 Å². The van der Waals surface area contributed by atoms with E-state index in [0.717, 1.165) is 37.5 Å². The summed E-state index contributed by atoms with van der Waals surface area (Å²) < 4.78 is 2.35. The number of benzene rings is 1. The van der Waals surface area contributed by atoms with Crippen LogP contribution in [0.4, 0.5) is 0 Å². The van der Waals surface area contributed by atoms with E-state index in [9.17, 15) is 0 Å². The summed E-state index contributed by atoms with van der Waals surface area (Å²) in [4.78, 5) is 2.58. The SMILES string of the molecule is Cc1c(Cl)ccc2c(CCN3CCCC3)cn(CCCN)c12. The van der Waals surface area contributed by atoms with Gasteiger partial charge in [0.15, 0.2) is 0 Å². The highest BCUT2D eigenvalue weighted by molar-refractivity contribution is 6.32. The summed E-state index contributed by atoms with van der Waals surface area (Å²) >= 11 is 6.34. The van der Waals surface area contributed by atoms with Gasteiger partial charge in [-0.25, -0.2) is 0 Å². The zero-order chi connectivity index (χ0) is 15.5. The highest BCUT2D eigenvalue weighted by atomic mass is 35.5. The van der Waals surface area contributed by atoms with Crippen molar-refractivity contribution in [2.24, 2.45) is 5.73 Å². The normalized spacial score (nSPS) is 16.0. The Hall–Kier alpha value is -1.03. The minimum Gasteiger partial charge on any atom is -0.347 e. The molecule has 1 fully saturated rings. The maximum Gasteiger partial charge on any atom is 0.0527 e. The molecule has 2 aromatic rings. The third-order valence-corrected chi connectivity index (χ3v) is 5.22. The van der Waals surface area contributed by atoms with Gasteiger partial charge in [0.05, 0.1) is 5.52 Å². The van der Waals surface area contributed by atoms with Crippen molar-refractivity contribution in [3.05, 3.63) is 34.5 Å². The van der Waals surface area contributed by atoms with Crippen molar-refractivity contribution in [1.82, 2.24) is 9.47 Å². The molecular weight excluding hydrogens is 294 g/mol. The first-order valence-electron chi connectivity index (χ1n) is 8.40. The minimum absolute atomic E-state index is 0.725. The van der Waals surface area contributed by atoms with Crippen LogP contribution in [0.2, 0.25) is 5.02 Å². The largest absolute Gasteiger partial charge is 0.347 e. The van der Waals surface area contributed by atoms with E-state index in [-0.39, 0.29) is 0 Å². The number of halogens is 1. The van der Waals surface area contributed by atoms with E-state index < -0.39 is 0 Å². The average Bonchev–Trinajstić information content (AvgIpc) is 3.14. The Kier molecular flexibility index (Phi) is 5.07. The van der Waals surface area contributed by atoms with Crippen LogP contribution < -0.4 is 5.73 Å². The number of rotatable bonds is 6. The van der Waals surface area contributed by atoms with Gasteiger partial charge in [-0.3, -0.25) is 0 Å². The molecule has 0 unspecified atom stereocenters.